The summed E-state index contributed by atoms with van der Waals surface area (Å²) < 4.78 is 46.6. The minimum atomic E-state index is -4.48. The summed E-state index contributed by atoms with van der Waals surface area (Å²) in [5.41, 5.74) is 5.89. The maximum absolute atomic E-state index is 12.2. The van der Waals surface area contributed by atoms with Crippen molar-refractivity contribution in [3.63, 3.8) is 0 Å². The van der Waals surface area contributed by atoms with Gasteiger partial charge in [-0.15, -0.1) is 0 Å². The molecule has 0 radical (unpaired) electrons. The second kappa shape index (κ2) is 9.79. The van der Waals surface area contributed by atoms with Gasteiger partial charge in [-0.1, -0.05) is 0 Å². The molecule has 0 spiro atoms. The molecule has 0 unspecified atom stereocenters. The van der Waals surface area contributed by atoms with E-state index in [1.807, 2.05) is 0 Å². The Kier molecular flexibility index (Phi) is 6.62. The molecule has 3 aromatic rings. The lowest BCUT2D eigenvalue weighted by molar-refractivity contribution is -0.154. The Balaban J connectivity index is 1.47. The van der Waals surface area contributed by atoms with Crippen LogP contribution in [-0.4, -0.2) is 57.1 Å². The van der Waals surface area contributed by atoms with Gasteiger partial charge < -0.3 is 25.8 Å². The van der Waals surface area contributed by atoms with Crippen molar-refractivity contribution < 1.29 is 32.2 Å². The van der Waals surface area contributed by atoms with Gasteiger partial charge in [0.05, 0.1) is 12.4 Å². The van der Waals surface area contributed by atoms with Crippen LogP contribution >= 0.6 is 0 Å². The highest BCUT2D eigenvalue weighted by molar-refractivity contribution is 5.92. The minimum Gasteiger partial charge on any atom is -0.467 e. The molecule has 4 N–H and O–H groups in total. The van der Waals surface area contributed by atoms with Crippen LogP contribution in [0.25, 0.3) is 11.4 Å². The van der Waals surface area contributed by atoms with Gasteiger partial charge in [-0.3, -0.25) is 9.59 Å². The Morgan fingerprint density at radius 1 is 1.14 bits per heavy atom. The summed E-state index contributed by atoms with van der Waals surface area (Å²) in [5.74, 6) is -0.376. The van der Waals surface area contributed by atoms with Crippen LogP contribution < -0.4 is 25.8 Å². The number of rotatable bonds is 8. The minimum absolute atomic E-state index is 0.0284. The number of nitrogens with one attached hydrogen (secondary N) is 2. The van der Waals surface area contributed by atoms with E-state index >= 15 is 0 Å². The van der Waals surface area contributed by atoms with E-state index in [9.17, 15) is 22.8 Å². The molecule has 4 rings (SSSR count). The lowest BCUT2D eigenvalue weighted by atomic mass is 10.2. The second-order valence-corrected chi connectivity index (χ2v) is 7.33. The molecule has 2 amide bonds. The molecule has 1 atom stereocenters. The molecule has 1 aliphatic rings. The van der Waals surface area contributed by atoms with Crippen LogP contribution in [0, 0.1) is 0 Å². The smallest absolute Gasteiger partial charge is 0.422 e. The molecule has 14 heteroatoms. The van der Waals surface area contributed by atoms with E-state index in [0.29, 0.717) is 24.3 Å². The van der Waals surface area contributed by atoms with Crippen molar-refractivity contribution in [3.05, 3.63) is 48.4 Å². The van der Waals surface area contributed by atoms with Crippen molar-refractivity contribution in [2.45, 2.75) is 18.6 Å². The summed E-state index contributed by atoms with van der Waals surface area (Å²) in [7, 11) is 0. The number of primary amides is 1. The molecule has 1 aromatic carbocycles. The van der Waals surface area contributed by atoms with Crippen LogP contribution in [0.5, 0.6) is 17.5 Å². The van der Waals surface area contributed by atoms with E-state index in [-0.39, 0.29) is 35.0 Å². The monoisotopic (exact) mass is 489 g/mol. The molecule has 3 heterocycles. The molecule has 0 bridgehead atoms. The number of hydrogen-bond acceptors (Lipinski definition) is 9. The van der Waals surface area contributed by atoms with Crippen LogP contribution in [0.15, 0.2) is 42.7 Å². The first-order chi connectivity index (χ1) is 16.7. The van der Waals surface area contributed by atoms with Crippen molar-refractivity contribution >= 4 is 17.6 Å². The quantitative estimate of drug-likeness (QED) is 0.431. The molecule has 182 valence electrons. The summed E-state index contributed by atoms with van der Waals surface area (Å²) in [5, 5.41) is 5.68. The van der Waals surface area contributed by atoms with Crippen molar-refractivity contribution in [2.24, 2.45) is 5.73 Å². The number of carbonyl (C=O) groups excluding carboxylic acids is 2. The largest absolute Gasteiger partial charge is 0.467 e. The number of alkyl halides is 3. The maximum atomic E-state index is 12.2. The Labute approximate surface area is 195 Å². The van der Waals surface area contributed by atoms with E-state index in [1.54, 1.807) is 24.3 Å². The van der Waals surface area contributed by atoms with E-state index < -0.39 is 24.7 Å². The van der Waals surface area contributed by atoms with Crippen LogP contribution in [0.3, 0.4) is 0 Å². The Morgan fingerprint density at radius 2 is 1.86 bits per heavy atom. The molecule has 1 saturated heterocycles. The van der Waals surface area contributed by atoms with Gasteiger partial charge in [-0.2, -0.15) is 13.2 Å². The third kappa shape index (κ3) is 6.31. The fourth-order valence-electron chi connectivity index (χ4n) is 3.07. The SMILES string of the molecule is NC(=O)c1cc(N[C@H]2CCNC2=O)nc(-c2ccc(Oc3cnc(OCC(F)(F)F)cn3)cc2)n1. The Morgan fingerprint density at radius 3 is 2.46 bits per heavy atom. The fraction of sp³-hybridized carbons (Fsp3) is 0.238. The number of nitrogens with two attached hydrogens (primary N) is 1. The molecular weight excluding hydrogens is 471 g/mol. The molecule has 0 aliphatic carbocycles. The normalized spacial score (nSPS) is 15.4. The topological polar surface area (TPSA) is 154 Å². The highest BCUT2D eigenvalue weighted by Gasteiger charge is 2.28. The number of hydrogen-bond donors (Lipinski definition) is 3. The van der Waals surface area contributed by atoms with E-state index in [2.05, 4.69) is 35.3 Å². The van der Waals surface area contributed by atoms with Crippen LogP contribution in [0.4, 0.5) is 19.0 Å². The summed E-state index contributed by atoms with van der Waals surface area (Å²) in [6.45, 7) is -0.945. The molecule has 1 aliphatic heterocycles. The summed E-state index contributed by atoms with van der Waals surface area (Å²) in [6.07, 6.45) is -1.79. The van der Waals surface area contributed by atoms with Crippen LogP contribution in [-0.2, 0) is 4.79 Å². The summed E-state index contributed by atoms with van der Waals surface area (Å²) in [4.78, 5) is 39.7. The number of anilines is 1. The zero-order valence-corrected chi connectivity index (χ0v) is 17.9. The first-order valence-corrected chi connectivity index (χ1v) is 10.2. The molecule has 35 heavy (non-hydrogen) atoms. The number of aromatic nitrogens is 4. The van der Waals surface area contributed by atoms with Gasteiger partial charge in [0.1, 0.15) is 23.3 Å². The summed E-state index contributed by atoms with van der Waals surface area (Å²) >= 11 is 0. The fourth-order valence-corrected chi connectivity index (χ4v) is 3.07. The number of nitrogens with zero attached hydrogens (tertiary/aromatic N) is 4. The number of ether oxygens (including phenoxy) is 2. The highest BCUT2D eigenvalue weighted by atomic mass is 19.4. The van der Waals surface area contributed by atoms with Gasteiger partial charge in [-0.05, 0) is 30.7 Å². The number of amides is 2. The number of halogens is 3. The Hall–Kier alpha value is -4.49. The molecular formula is C21H18F3N7O4. The van der Waals surface area contributed by atoms with Crippen molar-refractivity contribution in [3.8, 4) is 28.9 Å². The first kappa shape index (κ1) is 23.7. The Bertz CT molecular complexity index is 1220. The third-order valence-corrected chi connectivity index (χ3v) is 4.67. The third-order valence-electron chi connectivity index (χ3n) is 4.67. The zero-order chi connectivity index (χ0) is 25.0. The van der Waals surface area contributed by atoms with Gasteiger partial charge in [0.25, 0.3) is 5.91 Å². The van der Waals surface area contributed by atoms with Gasteiger partial charge in [0.15, 0.2) is 12.4 Å². The number of benzene rings is 1. The lowest BCUT2D eigenvalue weighted by Crippen LogP contribution is -2.30. The standard InChI is InChI=1S/C21H18F3N7O4/c22-21(23,24)10-34-16-8-28-17(9-27-16)35-12-3-1-11(2-4-12)19-30-14(18(25)32)7-15(31-19)29-13-5-6-26-20(13)33/h1-4,7-9,13H,5-6,10H2,(H2,25,32)(H,26,33)(H,29,30,31)/t13-/m0/s1. The van der Waals surface area contributed by atoms with Crippen molar-refractivity contribution in [1.82, 2.24) is 25.3 Å². The average molecular weight is 489 g/mol. The highest BCUT2D eigenvalue weighted by Crippen LogP contribution is 2.25. The summed E-state index contributed by atoms with van der Waals surface area (Å²) in [6, 6.07) is 7.27. The molecule has 2 aromatic heterocycles. The van der Waals surface area contributed by atoms with Gasteiger partial charge in [0.2, 0.25) is 17.7 Å². The van der Waals surface area contributed by atoms with Crippen molar-refractivity contribution in [1.29, 1.82) is 0 Å². The van der Waals surface area contributed by atoms with E-state index in [0.717, 1.165) is 12.4 Å². The number of carbonyl (C=O) groups is 2. The van der Waals surface area contributed by atoms with Crippen LogP contribution in [0.1, 0.15) is 16.9 Å². The maximum Gasteiger partial charge on any atom is 0.422 e. The van der Waals surface area contributed by atoms with Crippen molar-refractivity contribution in [2.75, 3.05) is 18.5 Å². The van der Waals surface area contributed by atoms with Crippen LogP contribution in [0.2, 0.25) is 0 Å². The van der Waals surface area contributed by atoms with E-state index in [4.69, 9.17) is 10.5 Å². The van der Waals surface area contributed by atoms with Gasteiger partial charge >= 0.3 is 6.18 Å². The van der Waals surface area contributed by atoms with Gasteiger partial charge in [0, 0.05) is 18.2 Å². The average Bonchev–Trinajstić information content (AvgIpc) is 3.22. The zero-order valence-electron chi connectivity index (χ0n) is 17.9. The lowest BCUT2D eigenvalue weighted by Gasteiger charge is -2.13. The molecule has 11 nitrogen and oxygen atoms in total. The first-order valence-electron chi connectivity index (χ1n) is 10.2. The van der Waals surface area contributed by atoms with Gasteiger partial charge in [-0.25, -0.2) is 19.9 Å². The molecule has 1 fully saturated rings. The molecule has 0 saturated carbocycles. The predicted octanol–water partition coefficient (Wildman–Crippen LogP) is 2.07. The van der Waals surface area contributed by atoms with E-state index in [1.165, 1.54) is 6.07 Å². The second-order valence-electron chi connectivity index (χ2n) is 7.33. The predicted molar refractivity (Wildman–Crippen MR) is 115 cm³/mol.